The van der Waals surface area contributed by atoms with Gasteiger partial charge in [-0.1, -0.05) is 0 Å². The van der Waals surface area contributed by atoms with Crippen LogP contribution in [-0.2, 0) is 19.6 Å². The van der Waals surface area contributed by atoms with Crippen molar-refractivity contribution in [2.75, 3.05) is 16.3 Å². The average Bonchev–Trinajstić information content (AvgIpc) is 2.29. The minimum Gasteiger partial charge on any atom is -0.478 e. The molecular weight excluding hydrogens is 291 g/mol. The van der Waals surface area contributed by atoms with Crippen molar-refractivity contribution in [2.24, 2.45) is 0 Å². The van der Waals surface area contributed by atoms with Gasteiger partial charge in [-0.25, -0.2) is 17.6 Å². The number of benzene rings is 1. The lowest BCUT2D eigenvalue weighted by molar-refractivity contribution is -0.131. The van der Waals surface area contributed by atoms with E-state index in [1.54, 1.807) is 0 Å². The molecule has 0 fully saturated rings. The van der Waals surface area contributed by atoms with Crippen LogP contribution in [0.1, 0.15) is 0 Å². The smallest absolute Gasteiger partial charge is 0.328 e. The summed E-state index contributed by atoms with van der Waals surface area (Å²) in [4.78, 5) is 21.5. The van der Waals surface area contributed by atoms with Gasteiger partial charge >= 0.3 is 5.97 Å². The molecule has 108 valence electrons. The molecule has 0 aliphatic heterocycles. The van der Waals surface area contributed by atoms with E-state index in [2.05, 4.69) is 5.32 Å². The van der Waals surface area contributed by atoms with Gasteiger partial charge in [0.05, 0.1) is 11.9 Å². The summed E-state index contributed by atoms with van der Waals surface area (Å²) in [5, 5.41) is 10.6. The Labute approximate surface area is 114 Å². The molecule has 0 heterocycles. The summed E-state index contributed by atoms with van der Waals surface area (Å²) in [5.41, 5.74) is -0.217. The molecule has 0 atom stereocenters. The number of halogens is 1. The minimum atomic E-state index is -3.66. The van der Waals surface area contributed by atoms with E-state index in [0.717, 1.165) is 24.5 Å². The molecule has 0 aromatic heterocycles. The summed E-state index contributed by atoms with van der Waals surface area (Å²) in [6.45, 7) is 0. The van der Waals surface area contributed by atoms with Crippen LogP contribution >= 0.6 is 0 Å². The van der Waals surface area contributed by atoms with E-state index in [9.17, 15) is 22.4 Å². The Kier molecular flexibility index (Phi) is 4.81. The Morgan fingerprint density at radius 2 is 1.95 bits per heavy atom. The highest BCUT2D eigenvalue weighted by atomic mass is 32.2. The standard InChI is InChI=1S/C11H11FN2O5S/c1-20(18,19)14-9-6-7(2-3-8(9)12)13-10(15)4-5-11(16)17/h2-6,14H,1H3,(H,13,15)(H,16,17)/b5-4+. The molecule has 9 heteroatoms. The second kappa shape index (κ2) is 6.15. The van der Waals surface area contributed by atoms with Gasteiger partial charge in [-0.05, 0) is 18.2 Å². The first kappa shape index (κ1) is 15.6. The molecule has 1 amide bonds. The van der Waals surface area contributed by atoms with Crippen molar-refractivity contribution >= 4 is 33.3 Å². The van der Waals surface area contributed by atoms with Crippen LogP contribution < -0.4 is 10.0 Å². The van der Waals surface area contributed by atoms with Crippen molar-refractivity contribution in [2.45, 2.75) is 0 Å². The highest BCUT2D eigenvalue weighted by Gasteiger charge is 2.09. The molecule has 0 spiro atoms. The van der Waals surface area contributed by atoms with Crippen LogP contribution in [0.15, 0.2) is 30.4 Å². The fourth-order valence-corrected chi connectivity index (χ4v) is 1.77. The molecule has 20 heavy (non-hydrogen) atoms. The molecular formula is C11H11FN2O5S. The molecule has 0 unspecified atom stereocenters. The average molecular weight is 302 g/mol. The lowest BCUT2D eigenvalue weighted by Crippen LogP contribution is -2.12. The number of carboxylic acid groups (broad SMARTS) is 1. The second-order valence-electron chi connectivity index (χ2n) is 3.73. The van der Waals surface area contributed by atoms with Gasteiger partial charge in [-0.15, -0.1) is 0 Å². The largest absolute Gasteiger partial charge is 0.478 e. The van der Waals surface area contributed by atoms with Gasteiger partial charge in [0.1, 0.15) is 5.82 Å². The molecule has 0 bridgehead atoms. The Morgan fingerprint density at radius 3 is 2.50 bits per heavy atom. The molecule has 3 N–H and O–H groups in total. The minimum absolute atomic E-state index is 0.109. The van der Waals surface area contributed by atoms with Crippen LogP contribution in [-0.4, -0.2) is 31.7 Å². The Hall–Kier alpha value is -2.42. The fourth-order valence-electron chi connectivity index (χ4n) is 1.21. The van der Waals surface area contributed by atoms with Crippen molar-refractivity contribution < 1.29 is 27.5 Å². The normalized spacial score (nSPS) is 11.3. The number of carbonyl (C=O) groups excluding carboxylic acids is 1. The number of nitrogens with one attached hydrogen (secondary N) is 2. The predicted octanol–water partition coefficient (Wildman–Crippen LogP) is 0.776. The van der Waals surface area contributed by atoms with E-state index >= 15 is 0 Å². The molecule has 1 aromatic carbocycles. The zero-order valence-corrected chi connectivity index (χ0v) is 11.1. The van der Waals surface area contributed by atoms with E-state index in [-0.39, 0.29) is 11.4 Å². The third-order valence-corrected chi connectivity index (χ3v) is 2.50. The van der Waals surface area contributed by atoms with Gasteiger partial charge in [0.25, 0.3) is 0 Å². The molecule has 0 saturated carbocycles. The van der Waals surface area contributed by atoms with Gasteiger partial charge < -0.3 is 10.4 Å². The molecule has 1 aromatic rings. The van der Waals surface area contributed by atoms with Crippen molar-refractivity contribution in [3.05, 3.63) is 36.2 Å². The van der Waals surface area contributed by atoms with Crippen LogP contribution in [0.4, 0.5) is 15.8 Å². The number of aliphatic carboxylic acids is 1. The SMILES string of the molecule is CS(=O)(=O)Nc1cc(NC(=O)/C=C/C(=O)O)ccc1F. The van der Waals surface area contributed by atoms with E-state index in [1.807, 2.05) is 4.72 Å². The second-order valence-corrected chi connectivity index (χ2v) is 5.48. The first-order valence-corrected chi connectivity index (χ1v) is 7.06. The number of hydrogen-bond donors (Lipinski definition) is 3. The molecule has 1 rings (SSSR count). The Balaban J connectivity index is 2.90. The molecule has 0 radical (unpaired) electrons. The summed E-state index contributed by atoms with van der Waals surface area (Å²) in [6, 6.07) is 3.24. The van der Waals surface area contributed by atoms with E-state index in [0.29, 0.717) is 6.08 Å². The highest BCUT2D eigenvalue weighted by molar-refractivity contribution is 7.92. The van der Waals surface area contributed by atoms with Crippen LogP contribution in [0.5, 0.6) is 0 Å². The molecule has 0 saturated heterocycles. The summed E-state index contributed by atoms with van der Waals surface area (Å²) in [7, 11) is -3.66. The Bertz CT molecular complexity index is 669. The molecule has 0 aliphatic carbocycles. The van der Waals surface area contributed by atoms with Crippen LogP contribution in [0.25, 0.3) is 0 Å². The summed E-state index contributed by atoms with van der Waals surface area (Å²) >= 11 is 0. The maximum Gasteiger partial charge on any atom is 0.328 e. The van der Waals surface area contributed by atoms with Crippen LogP contribution in [0.2, 0.25) is 0 Å². The first-order valence-electron chi connectivity index (χ1n) is 5.17. The number of carbonyl (C=O) groups is 2. The number of anilines is 2. The number of hydrogen-bond acceptors (Lipinski definition) is 4. The van der Waals surface area contributed by atoms with Crippen LogP contribution in [0.3, 0.4) is 0 Å². The highest BCUT2D eigenvalue weighted by Crippen LogP contribution is 2.20. The number of sulfonamides is 1. The fraction of sp³-hybridized carbons (Fsp3) is 0.0909. The Morgan fingerprint density at radius 1 is 1.30 bits per heavy atom. The third kappa shape index (κ3) is 5.48. The summed E-state index contributed by atoms with van der Waals surface area (Å²) in [6.07, 6.45) is 2.26. The number of amides is 1. The maximum absolute atomic E-state index is 13.4. The van der Waals surface area contributed by atoms with Gasteiger partial charge in [-0.2, -0.15) is 0 Å². The van der Waals surface area contributed by atoms with Crippen molar-refractivity contribution in [1.82, 2.24) is 0 Å². The topological polar surface area (TPSA) is 113 Å². The summed E-state index contributed by atoms with van der Waals surface area (Å²) < 4.78 is 37.4. The van der Waals surface area contributed by atoms with Crippen LogP contribution in [0, 0.1) is 5.82 Å². The van der Waals surface area contributed by atoms with Gasteiger partial charge in [0, 0.05) is 17.8 Å². The van der Waals surface area contributed by atoms with Crippen molar-refractivity contribution in [1.29, 1.82) is 0 Å². The lowest BCUT2D eigenvalue weighted by Gasteiger charge is -2.08. The molecule has 0 aliphatic rings. The predicted molar refractivity (Wildman–Crippen MR) is 70.3 cm³/mol. The zero-order chi connectivity index (χ0) is 15.3. The molecule has 7 nitrogen and oxygen atoms in total. The van der Waals surface area contributed by atoms with Gasteiger partial charge in [0.2, 0.25) is 15.9 Å². The van der Waals surface area contributed by atoms with E-state index in [1.165, 1.54) is 6.07 Å². The maximum atomic E-state index is 13.4. The zero-order valence-electron chi connectivity index (χ0n) is 10.3. The number of rotatable bonds is 5. The monoisotopic (exact) mass is 302 g/mol. The van der Waals surface area contributed by atoms with E-state index < -0.39 is 27.7 Å². The van der Waals surface area contributed by atoms with Crippen molar-refractivity contribution in [3.63, 3.8) is 0 Å². The van der Waals surface area contributed by atoms with Crippen molar-refractivity contribution in [3.8, 4) is 0 Å². The number of carboxylic acids is 1. The third-order valence-electron chi connectivity index (χ3n) is 1.91. The first-order chi connectivity index (χ1) is 9.17. The quantitative estimate of drug-likeness (QED) is 0.696. The van der Waals surface area contributed by atoms with Gasteiger partial charge in [-0.3, -0.25) is 9.52 Å². The van der Waals surface area contributed by atoms with Gasteiger partial charge in [0.15, 0.2) is 0 Å². The lowest BCUT2D eigenvalue weighted by atomic mass is 10.2. The van der Waals surface area contributed by atoms with E-state index in [4.69, 9.17) is 5.11 Å². The summed E-state index contributed by atoms with van der Waals surface area (Å²) in [5.74, 6) is -2.85.